The minimum Gasteiger partial charge on any atom is -0.340 e. The molecule has 19 heavy (non-hydrogen) atoms. The lowest BCUT2D eigenvalue weighted by atomic mass is 9.92. The lowest BCUT2D eigenvalue weighted by Crippen LogP contribution is -2.68. The van der Waals surface area contributed by atoms with E-state index in [-0.39, 0.29) is 17.9 Å². The van der Waals surface area contributed by atoms with Crippen LogP contribution in [-0.4, -0.2) is 34.8 Å². The molecule has 1 N–H and O–H groups in total. The van der Waals surface area contributed by atoms with Crippen LogP contribution >= 0.6 is 0 Å². The van der Waals surface area contributed by atoms with Crippen molar-refractivity contribution in [2.24, 2.45) is 5.92 Å². The highest BCUT2D eigenvalue weighted by Gasteiger charge is 2.44. The van der Waals surface area contributed by atoms with Crippen molar-refractivity contribution >= 4 is 11.8 Å². The second-order valence-electron chi connectivity index (χ2n) is 6.50. The maximum atomic E-state index is 12.5. The summed E-state index contributed by atoms with van der Waals surface area (Å²) in [7, 11) is 0. The first-order valence-corrected chi connectivity index (χ1v) is 6.91. The van der Waals surface area contributed by atoms with E-state index in [1.165, 1.54) is 0 Å². The Morgan fingerprint density at radius 3 is 2.42 bits per heavy atom. The van der Waals surface area contributed by atoms with Crippen molar-refractivity contribution in [3.05, 3.63) is 11.6 Å². The molecule has 108 valence electrons. The van der Waals surface area contributed by atoms with Gasteiger partial charge in [-0.2, -0.15) is 0 Å². The van der Waals surface area contributed by atoms with Crippen molar-refractivity contribution in [3.8, 4) is 0 Å². The smallest absolute Gasteiger partial charge is 0.248 e. The molecule has 1 aliphatic heterocycles. The number of carbonyl (C=O) groups is 2. The fourth-order valence-corrected chi connectivity index (χ4v) is 2.26. The molecule has 0 aliphatic carbocycles. The van der Waals surface area contributed by atoms with Crippen LogP contribution in [0.15, 0.2) is 11.6 Å². The zero-order valence-corrected chi connectivity index (χ0v) is 12.9. The lowest BCUT2D eigenvalue weighted by Gasteiger charge is -2.43. The quantitative estimate of drug-likeness (QED) is 0.792. The van der Waals surface area contributed by atoms with Crippen LogP contribution in [0.5, 0.6) is 0 Å². The first-order valence-electron chi connectivity index (χ1n) is 6.91. The van der Waals surface area contributed by atoms with E-state index in [0.29, 0.717) is 18.9 Å². The van der Waals surface area contributed by atoms with E-state index < -0.39 is 5.54 Å². The SMILES string of the molecule is CC(C)=CCN1C(=O)C(C)(C)NC(=O)C1CC(C)C. The van der Waals surface area contributed by atoms with E-state index in [4.69, 9.17) is 0 Å². The molecule has 1 saturated heterocycles. The van der Waals surface area contributed by atoms with Gasteiger partial charge in [0.15, 0.2) is 0 Å². The van der Waals surface area contributed by atoms with Gasteiger partial charge in [0, 0.05) is 6.54 Å². The van der Waals surface area contributed by atoms with Gasteiger partial charge >= 0.3 is 0 Å². The van der Waals surface area contributed by atoms with Crippen LogP contribution < -0.4 is 5.32 Å². The van der Waals surface area contributed by atoms with Crippen LogP contribution in [0, 0.1) is 5.92 Å². The number of allylic oxidation sites excluding steroid dienone is 1. The normalized spacial score (nSPS) is 22.5. The Hall–Kier alpha value is -1.32. The topological polar surface area (TPSA) is 49.4 Å². The van der Waals surface area contributed by atoms with Gasteiger partial charge in [0.1, 0.15) is 11.6 Å². The van der Waals surface area contributed by atoms with E-state index in [1.807, 2.05) is 19.9 Å². The average Bonchev–Trinajstić information content (AvgIpc) is 2.24. The van der Waals surface area contributed by atoms with Gasteiger partial charge in [0.25, 0.3) is 0 Å². The summed E-state index contributed by atoms with van der Waals surface area (Å²) in [5, 5.41) is 2.83. The van der Waals surface area contributed by atoms with Gasteiger partial charge in [-0.15, -0.1) is 0 Å². The summed E-state index contributed by atoms with van der Waals surface area (Å²) in [4.78, 5) is 26.4. The number of nitrogens with zero attached hydrogens (tertiary/aromatic N) is 1. The fourth-order valence-electron chi connectivity index (χ4n) is 2.26. The van der Waals surface area contributed by atoms with Gasteiger partial charge in [0.2, 0.25) is 11.8 Å². The molecule has 4 heteroatoms. The highest BCUT2D eigenvalue weighted by Crippen LogP contribution is 2.22. The van der Waals surface area contributed by atoms with E-state index in [2.05, 4.69) is 19.2 Å². The summed E-state index contributed by atoms with van der Waals surface area (Å²) in [5.41, 5.74) is 0.347. The molecule has 1 unspecified atom stereocenters. The summed E-state index contributed by atoms with van der Waals surface area (Å²) < 4.78 is 0. The van der Waals surface area contributed by atoms with Crippen LogP contribution in [0.4, 0.5) is 0 Å². The summed E-state index contributed by atoms with van der Waals surface area (Å²) in [6, 6.07) is -0.351. The van der Waals surface area contributed by atoms with Crippen LogP contribution in [0.25, 0.3) is 0 Å². The zero-order chi connectivity index (χ0) is 14.8. The monoisotopic (exact) mass is 266 g/mol. The van der Waals surface area contributed by atoms with E-state index in [9.17, 15) is 9.59 Å². The Morgan fingerprint density at radius 2 is 1.95 bits per heavy atom. The zero-order valence-electron chi connectivity index (χ0n) is 12.9. The molecule has 0 saturated carbocycles. The van der Waals surface area contributed by atoms with Crippen LogP contribution in [0.3, 0.4) is 0 Å². The number of hydrogen-bond acceptors (Lipinski definition) is 2. The second-order valence-corrected chi connectivity index (χ2v) is 6.50. The highest BCUT2D eigenvalue weighted by molar-refractivity contribution is 5.99. The number of carbonyl (C=O) groups excluding carboxylic acids is 2. The number of piperazine rings is 1. The van der Waals surface area contributed by atoms with Crippen molar-refractivity contribution < 1.29 is 9.59 Å². The molecule has 0 aromatic heterocycles. The summed E-state index contributed by atoms with van der Waals surface area (Å²) in [6.45, 7) is 12.2. The van der Waals surface area contributed by atoms with Crippen molar-refractivity contribution in [2.45, 2.75) is 59.5 Å². The molecule has 1 heterocycles. The molecule has 0 spiro atoms. The molecule has 1 aliphatic rings. The standard InChI is InChI=1S/C15H26N2O2/c1-10(2)7-8-17-12(9-11(3)4)13(18)16-15(5,6)14(17)19/h7,11-12H,8-9H2,1-6H3,(H,16,18). The molecule has 0 radical (unpaired) electrons. The lowest BCUT2D eigenvalue weighted by molar-refractivity contribution is -0.153. The molecule has 0 aromatic rings. The second kappa shape index (κ2) is 5.76. The Bertz CT molecular complexity index is 393. The molecule has 1 rings (SSSR count). The molecule has 0 bridgehead atoms. The number of nitrogens with one attached hydrogen (secondary N) is 1. The van der Waals surface area contributed by atoms with Crippen molar-refractivity contribution in [1.29, 1.82) is 0 Å². The van der Waals surface area contributed by atoms with Gasteiger partial charge in [-0.25, -0.2) is 0 Å². The van der Waals surface area contributed by atoms with E-state index >= 15 is 0 Å². The maximum absolute atomic E-state index is 12.5. The Labute approximate surface area is 116 Å². The highest BCUT2D eigenvalue weighted by atomic mass is 16.2. The molecule has 1 atom stereocenters. The molecule has 2 amide bonds. The van der Waals surface area contributed by atoms with Crippen molar-refractivity contribution in [3.63, 3.8) is 0 Å². The predicted molar refractivity (Wildman–Crippen MR) is 76.6 cm³/mol. The van der Waals surface area contributed by atoms with Crippen LogP contribution in [-0.2, 0) is 9.59 Å². The molecule has 1 fully saturated rings. The minimum absolute atomic E-state index is 0.00440. The Balaban J connectivity index is 3.01. The predicted octanol–water partition coefficient (Wildman–Crippen LogP) is 2.10. The molecular formula is C15H26N2O2. The molecule has 4 nitrogen and oxygen atoms in total. The summed E-state index contributed by atoms with van der Waals surface area (Å²) >= 11 is 0. The Kier molecular flexibility index (Phi) is 4.77. The summed E-state index contributed by atoms with van der Waals surface area (Å²) in [5.74, 6) is 0.328. The van der Waals surface area contributed by atoms with Gasteiger partial charge in [-0.1, -0.05) is 25.5 Å². The Morgan fingerprint density at radius 1 is 1.37 bits per heavy atom. The number of hydrogen-bond donors (Lipinski definition) is 1. The fraction of sp³-hybridized carbons (Fsp3) is 0.733. The third-order valence-corrected chi connectivity index (χ3v) is 3.30. The average molecular weight is 266 g/mol. The number of amides is 2. The number of rotatable bonds is 4. The first kappa shape index (κ1) is 15.7. The van der Waals surface area contributed by atoms with E-state index in [0.717, 1.165) is 5.57 Å². The first-order chi connectivity index (χ1) is 8.65. The van der Waals surface area contributed by atoms with Gasteiger partial charge in [0.05, 0.1) is 0 Å². The van der Waals surface area contributed by atoms with Gasteiger partial charge in [-0.3, -0.25) is 9.59 Å². The van der Waals surface area contributed by atoms with E-state index in [1.54, 1.807) is 18.7 Å². The van der Waals surface area contributed by atoms with Crippen LogP contribution in [0.1, 0.15) is 48.0 Å². The maximum Gasteiger partial charge on any atom is 0.248 e. The van der Waals surface area contributed by atoms with Crippen molar-refractivity contribution in [2.75, 3.05) is 6.54 Å². The van der Waals surface area contributed by atoms with Gasteiger partial charge in [-0.05, 0) is 40.0 Å². The third kappa shape index (κ3) is 3.82. The van der Waals surface area contributed by atoms with Gasteiger partial charge < -0.3 is 10.2 Å². The molecule has 0 aromatic carbocycles. The van der Waals surface area contributed by atoms with Crippen LogP contribution in [0.2, 0.25) is 0 Å². The molecular weight excluding hydrogens is 240 g/mol. The minimum atomic E-state index is -0.806. The summed E-state index contributed by atoms with van der Waals surface area (Å²) in [6.07, 6.45) is 2.70. The third-order valence-electron chi connectivity index (χ3n) is 3.30. The largest absolute Gasteiger partial charge is 0.340 e. The van der Waals surface area contributed by atoms with Crippen molar-refractivity contribution in [1.82, 2.24) is 10.2 Å².